The molecule has 286 valence electrons. The summed E-state index contributed by atoms with van der Waals surface area (Å²) >= 11 is 0. The van der Waals surface area contributed by atoms with Crippen LogP contribution >= 0.6 is 0 Å². The van der Waals surface area contributed by atoms with E-state index in [9.17, 15) is 0 Å². The van der Waals surface area contributed by atoms with Gasteiger partial charge >= 0.3 is 0 Å². The van der Waals surface area contributed by atoms with Gasteiger partial charge in [0, 0.05) is 29.5 Å². The number of fused-ring (bicyclic) bond motifs is 3. The molecule has 11 aromatic rings. The van der Waals surface area contributed by atoms with Gasteiger partial charge in [0.2, 0.25) is 0 Å². The van der Waals surface area contributed by atoms with Gasteiger partial charge < -0.3 is 4.90 Å². The molecule has 1 aromatic heterocycles. The zero-order chi connectivity index (χ0) is 40.5. The van der Waals surface area contributed by atoms with Crippen LogP contribution in [0, 0.1) is 0 Å². The van der Waals surface area contributed by atoms with Crippen LogP contribution in [0.15, 0.2) is 243 Å². The normalized spacial score (nSPS) is 11.3. The summed E-state index contributed by atoms with van der Waals surface area (Å²) < 4.78 is 0. The first-order valence-corrected chi connectivity index (χ1v) is 20.9. The molecule has 0 fully saturated rings. The van der Waals surface area contributed by atoms with Gasteiger partial charge in [-0.05, 0) is 130 Å². The van der Waals surface area contributed by atoms with Crippen molar-refractivity contribution in [3.05, 3.63) is 243 Å². The number of rotatable bonds is 8. The van der Waals surface area contributed by atoms with Crippen LogP contribution < -0.4 is 4.90 Å². The number of hydrogen-bond donors (Lipinski definition) is 0. The van der Waals surface area contributed by atoms with Gasteiger partial charge in [-0.25, -0.2) is 0 Å². The fourth-order valence-electron chi connectivity index (χ4n) is 9.02. The van der Waals surface area contributed by atoms with Crippen LogP contribution in [0.1, 0.15) is 0 Å². The second kappa shape index (κ2) is 15.6. The molecule has 0 aliphatic carbocycles. The second-order valence-electron chi connectivity index (χ2n) is 15.5. The van der Waals surface area contributed by atoms with Crippen molar-refractivity contribution in [3.63, 3.8) is 0 Å². The minimum atomic E-state index is 1.10. The third kappa shape index (κ3) is 6.71. The Morgan fingerprint density at radius 2 is 0.672 bits per heavy atom. The lowest BCUT2D eigenvalue weighted by atomic mass is 9.84. The maximum absolute atomic E-state index is 4.30. The average Bonchev–Trinajstić information content (AvgIpc) is 3.34. The van der Waals surface area contributed by atoms with Crippen LogP contribution in [-0.2, 0) is 0 Å². The lowest BCUT2D eigenvalue weighted by Crippen LogP contribution is -2.09. The van der Waals surface area contributed by atoms with Gasteiger partial charge in [0.1, 0.15) is 0 Å². The summed E-state index contributed by atoms with van der Waals surface area (Å²) in [4.78, 5) is 6.60. The predicted molar refractivity (Wildman–Crippen MR) is 259 cm³/mol. The van der Waals surface area contributed by atoms with Crippen LogP contribution in [0.25, 0.3) is 88.0 Å². The molecule has 0 unspecified atom stereocenters. The van der Waals surface area contributed by atoms with Crippen molar-refractivity contribution in [1.29, 1.82) is 0 Å². The molecule has 0 saturated carbocycles. The maximum Gasteiger partial charge on any atom is 0.0462 e. The van der Waals surface area contributed by atoms with E-state index in [4.69, 9.17) is 0 Å². The molecule has 0 atom stereocenters. The Bertz CT molecular complexity index is 3240. The van der Waals surface area contributed by atoms with Crippen molar-refractivity contribution in [2.24, 2.45) is 0 Å². The largest absolute Gasteiger partial charge is 0.311 e. The predicted octanol–water partition coefficient (Wildman–Crippen LogP) is 16.3. The quantitative estimate of drug-likeness (QED) is 0.143. The lowest BCUT2D eigenvalue weighted by molar-refractivity contribution is 1.28. The van der Waals surface area contributed by atoms with E-state index in [1.807, 2.05) is 18.5 Å². The van der Waals surface area contributed by atoms with E-state index >= 15 is 0 Å². The summed E-state index contributed by atoms with van der Waals surface area (Å²) in [7, 11) is 0. The minimum absolute atomic E-state index is 1.10. The summed E-state index contributed by atoms with van der Waals surface area (Å²) in [6, 6.07) is 83.4. The first-order valence-electron chi connectivity index (χ1n) is 20.9. The highest BCUT2D eigenvalue weighted by Gasteiger charge is 2.18. The average molecular weight is 777 g/mol. The van der Waals surface area contributed by atoms with Crippen LogP contribution in [0.4, 0.5) is 17.1 Å². The molecule has 10 aromatic carbocycles. The molecule has 11 rings (SSSR count). The molecule has 0 bridgehead atoms. The van der Waals surface area contributed by atoms with Crippen LogP contribution in [0.2, 0.25) is 0 Å². The zero-order valence-electron chi connectivity index (χ0n) is 33.5. The summed E-state index contributed by atoms with van der Waals surface area (Å²) in [5.41, 5.74) is 15.4. The molecular weight excluding hydrogens is 737 g/mol. The fourth-order valence-corrected chi connectivity index (χ4v) is 9.02. The molecule has 0 aliphatic heterocycles. The molecule has 0 saturated heterocycles. The number of aromatic nitrogens is 1. The van der Waals surface area contributed by atoms with Gasteiger partial charge in [-0.3, -0.25) is 4.98 Å². The van der Waals surface area contributed by atoms with E-state index in [1.165, 1.54) is 76.8 Å². The van der Waals surface area contributed by atoms with Gasteiger partial charge in [0.25, 0.3) is 0 Å². The van der Waals surface area contributed by atoms with Gasteiger partial charge in [-0.15, -0.1) is 0 Å². The molecule has 61 heavy (non-hydrogen) atoms. The van der Waals surface area contributed by atoms with E-state index in [0.717, 1.165) is 28.2 Å². The van der Waals surface area contributed by atoms with Crippen molar-refractivity contribution in [1.82, 2.24) is 4.98 Å². The smallest absolute Gasteiger partial charge is 0.0462 e. The second-order valence-corrected chi connectivity index (χ2v) is 15.5. The van der Waals surface area contributed by atoms with Crippen molar-refractivity contribution in [3.8, 4) is 55.6 Å². The van der Waals surface area contributed by atoms with Crippen LogP contribution in [0.5, 0.6) is 0 Å². The van der Waals surface area contributed by atoms with Gasteiger partial charge in [0.15, 0.2) is 0 Å². The van der Waals surface area contributed by atoms with Gasteiger partial charge in [0.05, 0.1) is 0 Å². The Morgan fingerprint density at radius 3 is 1.20 bits per heavy atom. The molecule has 2 nitrogen and oxygen atoms in total. The summed E-state index contributed by atoms with van der Waals surface area (Å²) in [5.74, 6) is 0. The summed E-state index contributed by atoms with van der Waals surface area (Å²) in [5, 5.41) is 7.58. The number of benzene rings is 10. The highest BCUT2D eigenvalue weighted by atomic mass is 15.1. The Hall–Kier alpha value is -8.07. The number of nitrogens with zero attached hydrogens (tertiary/aromatic N) is 2. The molecule has 0 amide bonds. The van der Waals surface area contributed by atoms with E-state index < -0.39 is 0 Å². The Kier molecular flexibility index (Phi) is 9.22. The first kappa shape index (κ1) is 36.0. The number of anilines is 3. The molecule has 0 radical (unpaired) electrons. The Morgan fingerprint density at radius 1 is 0.262 bits per heavy atom. The number of hydrogen-bond acceptors (Lipinski definition) is 2. The zero-order valence-corrected chi connectivity index (χ0v) is 33.5. The third-order valence-electron chi connectivity index (χ3n) is 12.0. The monoisotopic (exact) mass is 776 g/mol. The topological polar surface area (TPSA) is 16.1 Å². The van der Waals surface area contributed by atoms with Crippen molar-refractivity contribution < 1.29 is 0 Å². The molecule has 0 N–H and O–H groups in total. The highest BCUT2D eigenvalue weighted by molar-refractivity contribution is 6.23. The molecule has 2 heteroatoms. The van der Waals surface area contributed by atoms with Crippen LogP contribution in [0.3, 0.4) is 0 Å². The van der Waals surface area contributed by atoms with Crippen molar-refractivity contribution in [2.45, 2.75) is 0 Å². The Balaban J connectivity index is 0.890. The van der Waals surface area contributed by atoms with Crippen molar-refractivity contribution in [2.75, 3.05) is 4.90 Å². The van der Waals surface area contributed by atoms with E-state index in [2.05, 4.69) is 234 Å². The first-order chi connectivity index (χ1) is 30.3. The molecule has 0 aliphatic rings. The van der Waals surface area contributed by atoms with E-state index in [1.54, 1.807) is 0 Å². The highest BCUT2D eigenvalue weighted by Crippen LogP contribution is 2.45. The standard InChI is InChI=1S/C59H40N2/c1-2-15-49(16-3-1)61(51-37-33-45(34-38-51)48-14-11-39-60-40-48)50-35-31-44(32-36-50)42-25-23-41(24-26-42)43-27-29-47(30-28-43)58-54-18-6-8-20-56(54)59(57-21-9-7-19-55(57)58)53-22-10-13-46-12-4-5-17-52(46)53/h1-40H. The maximum atomic E-state index is 4.30. The molecule has 0 spiro atoms. The lowest BCUT2D eigenvalue weighted by Gasteiger charge is -2.26. The van der Waals surface area contributed by atoms with Gasteiger partial charge in [-0.2, -0.15) is 0 Å². The minimum Gasteiger partial charge on any atom is -0.311 e. The fraction of sp³-hybridized carbons (Fsp3) is 0. The van der Waals surface area contributed by atoms with E-state index in [0.29, 0.717) is 0 Å². The number of pyridine rings is 1. The summed E-state index contributed by atoms with van der Waals surface area (Å²) in [6.45, 7) is 0. The van der Waals surface area contributed by atoms with Gasteiger partial charge in [-0.1, -0.05) is 188 Å². The van der Waals surface area contributed by atoms with Crippen LogP contribution in [-0.4, -0.2) is 4.98 Å². The van der Waals surface area contributed by atoms with Crippen molar-refractivity contribution >= 4 is 49.4 Å². The Labute approximate surface area is 356 Å². The SMILES string of the molecule is c1ccc(N(c2ccc(-c3ccc(-c4ccc(-c5c6ccccc6c(-c6cccc7ccccc67)c6ccccc56)cc4)cc3)cc2)c2ccc(-c3cccnc3)cc2)cc1. The molecular formula is C59H40N2. The number of para-hydroxylation sites is 1. The summed E-state index contributed by atoms with van der Waals surface area (Å²) in [6.07, 6.45) is 3.71. The van der Waals surface area contributed by atoms with E-state index in [-0.39, 0.29) is 0 Å². The third-order valence-corrected chi connectivity index (χ3v) is 12.0. The molecule has 1 heterocycles.